The van der Waals surface area contributed by atoms with Crippen molar-refractivity contribution in [2.75, 3.05) is 0 Å². The van der Waals surface area contributed by atoms with Crippen molar-refractivity contribution >= 4 is 33.4 Å². The van der Waals surface area contributed by atoms with E-state index in [1.165, 1.54) is 16.8 Å². The van der Waals surface area contributed by atoms with Crippen LogP contribution in [0.1, 0.15) is 5.56 Å². The number of aromatic nitrogens is 2. The number of nitrogens with zero attached hydrogens (tertiary/aromatic N) is 2. The molecular weight excluding hydrogens is 410 g/mol. The highest BCUT2D eigenvalue weighted by atomic mass is 79.9. The average molecular weight is 422 g/mol. The maximum Gasteiger partial charge on any atom is 0.283 e. The molecule has 0 aliphatic carbocycles. The predicted molar refractivity (Wildman–Crippen MR) is 97.2 cm³/mol. The van der Waals surface area contributed by atoms with Crippen LogP contribution in [0.2, 0.25) is 0 Å². The van der Waals surface area contributed by atoms with Crippen molar-refractivity contribution in [3.05, 3.63) is 79.0 Å². The number of hydrogen-bond acceptors (Lipinski definition) is 5. The standard InChI is InChI=1S/C16H12BrN3O4S/c17-11-6-7-12(20(23)24)13(8-11)25-14-15(21)18-19(16(14)22)9-10-4-2-1-3-5-10/h1-8,22H,9H2,(H,18,21). The van der Waals surface area contributed by atoms with Gasteiger partial charge in [0.05, 0.1) is 16.4 Å². The van der Waals surface area contributed by atoms with E-state index < -0.39 is 10.5 Å². The van der Waals surface area contributed by atoms with Gasteiger partial charge in [0.25, 0.3) is 11.2 Å². The fourth-order valence-electron chi connectivity index (χ4n) is 2.25. The number of nitrogens with one attached hydrogen (secondary N) is 1. The molecule has 1 heterocycles. The van der Waals surface area contributed by atoms with Crippen molar-refractivity contribution < 1.29 is 10.0 Å². The highest BCUT2D eigenvalue weighted by molar-refractivity contribution is 9.10. The molecule has 0 spiro atoms. The first-order chi connectivity index (χ1) is 12.0. The Morgan fingerprint density at radius 1 is 1.24 bits per heavy atom. The summed E-state index contributed by atoms with van der Waals surface area (Å²) in [6.07, 6.45) is 0. The smallest absolute Gasteiger partial charge is 0.283 e. The lowest BCUT2D eigenvalue weighted by Gasteiger charge is -2.05. The zero-order valence-corrected chi connectivity index (χ0v) is 15.1. The average Bonchev–Trinajstić information content (AvgIpc) is 2.83. The topological polar surface area (TPSA) is 101 Å². The largest absolute Gasteiger partial charge is 0.493 e. The Morgan fingerprint density at radius 3 is 2.64 bits per heavy atom. The molecule has 2 N–H and O–H groups in total. The molecule has 0 saturated heterocycles. The van der Waals surface area contributed by atoms with Crippen molar-refractivity contribution in [2.45, 2.75) is 16.3 Å². The molecule has 25 heavy (non-hydrogen) atoms. The SMILES string of the molecule is O=c1[nH]n(Cc2ccccc2)c(O)c1Sc1cc(Br)ccc1[N+](=O)[O-]. The lowest BCUT2D eigenvalue weighted by molar-refractivity contribution is -0.387. The first-order valence-electron chi connectivity index (χ1n) is 7.13. The Bertz CT molecular complexity index is 985. The van der Waals surface area contributed by atoms with E-state index in [9.17, 15) is 20.0 Å². The molecule has 0 unspecified atom stereocenters. The number of benzene rings is 2. The van der Waals surface area contributed by atoms with E-state index >= 15 is 0 Å². The van der Waals surface area contributed by atoms with Gasteiger partial charge in [-0.3, -0.25) is 20.0 Å². The molecular formula is C16H12BrN3O4S. The molecule has 1 aromatic heterocycles. The molecule has 128 valence electrons. The van der Waals surface area contributed by atoms with Crippen LogP contribution in [0.25, 0.3) is 0 Å². The number of aromatic amines is 1. The van der Waals surface area contributed by atoms with Gasteiger partial charge in [0.2, 0.25) is 5.88 Å². The number of rotatable bonds is 5. The summed E-state index contributed by atoms with van der Waals surface area (Å²) in [5.41, 5.74) is 0.254. The number of hydrogen-bond donors (Lipinski definition) is 2. The molecule has 7 nitrogen and oxygen atoms in total. The Labute approximate surface area is 154 Å². The van der Waals surface area contributed by atoms with Gasteiger partial charge >= 0.3 is 0 Å². The van der Waals surface area contributed by atoms with Gasteiger partial charge in [-0.05, 0) is 17.7 Å². The van der Waals surface area contributed by atoms with Crippen LogP contribution in [-0.2, 0) is 6.54 Å². The molecule has 0 aliphatic heterocycles. The predicted octanol–water partition coefficient (Wildman–Crippen LogP) is 3.75. The second kappa shape index (κ2) is 7.16. The summed E-state index contributed by atoms with van der Waals surface area (Å²) in [5, 5.41) is 24.1. The van der Waals surface area contributed by atoms with Gasteiger partial charge in [-0.25, -0.2) is 4.68 Å². The zero-order valence-electron chi connectivity index (χ0n) is 12.7. The number of nitro benzene ring substituents is 1. The molecule has 0 radical (unpaired) electrons. The Morgan fingerprint density at radius 2 is 1.96 bits per heavy atom. The van der Waals surface area contributed by atoms with Crippen molar-refractivity contribution in [2.24, 2.45) is 0 Å². The highest BCUT2D eigenvalue weighted by Gasteiger charge is 2.21. The van der Waals surface area contributed by atoms with E-state index in [-0.39, 0.29) is 27.9 Å². The normalized spacial score (nSPS) is 10.8. The van der Waals surface area contributed by atoms with E-state index in [4.69, 9.17) is 0 Å². The lowest BCUT2D eigenvalue weighted by atomic mass is 10.2. The van der Waals surface area contributed by atoms with Crippen molar-refractivity contribution in [1.82, 2.24) is 9.78 Å². The Kier molecular flexibility index (Phi) is 4.95. The van der Waals surface area contributed by atoms with Crippen LogP contribution in [0.3, 0.4) is 0 Å². The second-order valence-corrected chi connectivity index (χ2v) is 7.10. The van der Waals surface area contributed by atoms with Crippen molar-refractivity contribution in [1.29, 1.82) is 0 Å². The van der Waals surface area contributed by atoms with Gasteiger partial charge < -0.3 is 5.11 Å². The summed E-state index contributed by atoms with van der Waals surface area (Å²) >= 11 is 4.11. The third-order valence-electron chi connectivity index (χ3n) is 3.42. The van der Waals surface area contributed by atoms with E-state index in [2.05, 4.69) is 21.0 Å². The van der Waals surface area contributed by atoms with Gasteiger partial charge in [0.15, 0.2) is 0 Å². The quantitative estimate of drug-likeness (QED) is 0.482. The third-order valence-corrected chi connectivity index (χ3v) is 5.03. The van der Waals surface area contributed by atoms with Gasteiger partial charge in [-0.1, -0.05) is 58.0 Å². The lowest BCUT2D eigenvalue weighted by Crippen LogP contribution is -2.07. The fourth-order valence-corrected chi connectivity index (χ4v) is 3.76. The minimum Gasteiger partial charge on any atom is -0.493 e. The highest BCUT2D eigenvalue weighted by Crippen LogP contribution is 2.38. The molecule has 3 rings (SSSR count). The third kappa shape index (κ3) is 3.77. The molecule has 0 saturated carbocycles. The summed E-state index contributed by atoms with van der Waals surface area (Å²) in [7, 11) is 0. The molecule has 0 bridgehead atoms. The van der Waals surface area contributed by atoms with Gasteiger partial charge in [0.1, 0.15) is 4.90 Å². The van der Waals surface area contributed by atoms with Crippen LogP contribution < -0.4 is 5.56 Å². The monoisotopic (exact) mass is 421 g/mol. The Balaban J connectivity index is 1.96. The van der Waals surface area contributed by atoms with Crippen molar-refractivity contribution in [3.8, 4) is 5.88 Å². The first kappa shape index (κ1) is 17.3. The molecule has 3 aromatic rings. The van der Waals surface area contributed by atoms with E-state index in [1.807, 2.05) is 30.3 Å². The summed E-state index contributed by atoms with van der Waals surface area (Å²) < 4.78 is 1.95. The first-order valence-corrected chi connectivity index (χ1v) is 8.74. The summed E-state index contributed by atoms with van der Waals surface area (Å²) in [4.78, 5) is 23.1. The molecule has 0 aliphatic rings. The van der Waals surface area contributed by atoms with Crippen LogP contribution in [0.5, 0.6) is 5.88 Å². The minimum absolute atomic E-state index is 0.0112. The maximum atomic E-state index is 12.2. The second-order valence-electron chi connectivity index (χ2n) is 5.14. The van der Waals surface area contributed by atoms with Crippen LogP contribution in [-0.4, -0.2) is 19.8 Å². The van der Waals surface area contributed by atoms with Crippen LogP contribution in [0.4, 0.5) is 5.69 Å². The summed E-state index contributed by atoms with van der Waals surface area (Å²) in [6, 6.07) is 13.7. The molecule has 0 amide bonds. The van der Waals surface area contributed by atoms with Gasteiger partial charge in [0, 0.05) is 10.5 Å². The number of H-pyrrole nitrogens is 1. The molecule has 9 heteroatoms. The summed E-state index contributed by atoms with van der Waals surface area (Å²) in [5.74, 6) is -0.256. The summed E-state index contributed by atoms with van der Waals surface area (Å²) in [6.45, 7) is 0.281. The Hall–Kier alpha value is -2.52. The van der Waals surface area contributed by atoms with E-state index in [0.29, 0.717) is 4.47 Å². The van der Waals surface area contributed by atoms with E-state index in [0.717, 1.165) is 17.3 Å². The van der Waals surface area contributed by atoms with Crippen LogP contribution in [0, 0.1) is 10.1 Å². The van der Waals surface area contributed by atoms with Crippen molar-refractivity contribution in [3.63, 3.8) is 0 Å². The number of aromatic hydroxyl groups is 1. The fraction of sp³-hybridized carbons (Fsp3) is 0.0625. The zero-order chi connectivity index (χ0) is 18.0. The van der Waals surface area contributed by atoms with Crippen LogP contribution in [0.15, 0.2) is 67.6 Å². The van der Waals surface area contributed by atoms with Gasteiger partial charge in [-0.15, -0.1) is 0 Å². The minimum atomic E-state index is -0.527. The molecule has 0 fully saturated rings. The van der Waals surface area contributed by atoms with Crippen LogP contribution >= 0.6 is 27.7 Å². The maximum absolute atomic E-state index is 12.2. The van der Waals surface area contributed by atoms with Gasteiger partial charge in [-0.2, -0.15) is 0 Å². The van der Waals surface area contributed by atoms with E-state index in [1.54, 1.807) is 6.07 Å². The number of nitro groups is 1. The molecule has 2 aromatic carbocycles. The number of halogens is 1. The molecule has 0 atom stereocenters.